The minimum absolute atomic E-state index is 0.0296. The number of allylic oxidation sites excluding steroid dienone is 3. The van der Waals surface area contributed by atoms with Gasteiger partial charge >= 0.3 is 6.09 Å². The first-order chi connectivity index (χ1) is 15.5. The molecular formula is C28H38N2O2. The summed E-state index contributed by atoms with van der Waals surface area (Å²) in [7, 11) is 0. The highest BCUT2D eigenvalue weighted by Gasteiger charge is 2.57. The number of fused-ring (bicyclic) bond motifs is 5. The van der Waals surface area contributed by atoms with Crippen LogP contribution in [-0.2, 0) is 4.74 Å². The second-order valence-electron chi connectivity index (χ2n) is 11.0. The van der Waals surface area contributed by atoms with Gasteiger partial charge in [-0.3, -0.25) is 4.98 Å². The van der Waals surface area contributed by atoms with E-state index in [0.717, 1.165) is 43.4 Å². The molecule has 0 radical (unpaired) electrons. The molecule has 0 aromatic carbocycles. The van der Waals surface area contributed by atoms with Gasteiger partial charge in [-0.2, -0.15) is 0 Å². The summed E-state index contributed by atoms with van der Waals surface area (Å²) < 4.78 is 5.77. The molecule has 2 saturated carbocycles. The number of carbonyl (C=O) groups excluding carboxylic acids is 1. The van der Waals surface area contributed by atoms with Gasteiger partial charge in [-0.1, -0.05) is 44.6 Å². The van der Waals surface area contributed by atoms with Gasteiger partial charge in [-0.05, 0) is 90.7 Å². The first kappa shape index (κ1) is 21.7. The van der Waals surface area contributed by atoms with Gasteiger partial charge in [-0.15, -0.1) is 0 Å². The number of alkyl carbamates (subject to hydrolysis) is 1. The van der Waals surface area contributed by atoms with Gasteiger partial charge in [0.25, 0.3) is 0 Å². The van der Waals surface area contributed by atoms with Crippen LogP contribution < -0.4 is 5.32 Å². The molecule has 0 spiro atoms. The van der Waals surface area contributed by atoms with E-state index in [-0.39, 0.29) is 23.0 Å². The van der Waals surface area contributed by atoms with Crippen LogP contribution in [0.5, 0.6) is 0 Å². The summed E-state index contributed by atoms with van der Waals surface area (Å²) in [5.41, 5.74) is 4.93. The Labute approximate surface area is 192 Å². The molecule has 4 aliphatic rings. The highest BCUT2D eigenvalue weighted by atomic mass is 16.6. The van der Waals surface area contributed by atoms with Crippen LogP contribution in [0.25, 0.3) is 5.57 Å². The largest absolute Gasteiger partial charge is 0.446 e. The fraction of sp³-hybridized carbons (Fsp3) is 0.643. The van der Waals surface area contributed by atoms with Crippen LogP contribution in [0, 0.1) is 28.6 Å². The lowest BCUT2D eigenvalue weighted by Gasteiger charge is -2.57. The van der Waals surface area contributed by atoms with Gasteiger partial charge in [0.1, 0.15) is 6.10 Å². The molecular weight excluding hydrogens is 396 g/mol. The molecule has 1 aromatic heterocycles. The van der Waals surface area contributed by atoms with Crippen molar-refractivity contribution < 1.29 is 9.53 Å². The third-order valence-electron chi connectivity index (χ3n) is 9.41. The average Bonchev–Trinajstić information content (AvgIpc) is 3.16. The van der Waals surface area contributed by atoms with Crippen LogP contribution in [0.4, 0.5) is 4.79 Å². The van der Waals surface area contributed by atoms with Gasteiger partial charge < -0.3 is 10.1 Å². The first-order valence-corrected chi connectivity index (χ1v) is 12.7. The second kappa shape index (κ2) is 8.35. The highest BCUT2D eigenvalue weighted by molar-refractivity contribution is 5.72. The van der Waals surface area contributed by atoms with Gasteiger partial charge in [0.05, 0.1) is 0 Å². The molecule has 0 aliphatic heterocycles. The van der Waals surface area contributed by atoms with Crippen molar-refractivity contribution in [2.75, 3.05) is 6.54 Å². The normalized spacial score (nSPS) is 38.0. The van der Waals surface area contributed by atoms with E-state index in [4.69, 9.17) is 4.74 Å². The fourth-order valence-electron chi connectivity index (χ4n) is 7.69. The standard InChI is InChI=1S/C28H38N2O2/c1-4-15-30-26(31)32-21-11-13-27(2)20(17-21)7-8-22-24-10-9-23(19-6-5-16-29-18-19)28(24,3)14-12-25(22)27/h5-7,9,16,18,21-22,24-25H,4,8,10-15,17H2,1-3H3,(H,30,31). The van der Waals surface area contributed by atoms with Crippen molar-refractivity contribution in [1.29, 1.82) is 0 Å². The average molecular weight is 435 g/mol. The van der Waals surface area contributed by atoms with Crippen molar-refractivity contribution in [3.8, 4) is 0 Å². The summed E-state index contributed by atoms with van der Waals surface area (Å²) in [6.07, 6.45) is 17.7. The number of rotatable bonds is 4. The number of pyridine rings is 1. The number of aromatic nitrogens is 1. The minimum atomic E-state index is -0.247. The van der Waals surface area contributed by atoms with E-state index >= 15 is 0 Å². The van der Waals surface area contributed by atoms with Gasteiger partial charge in [0.15, 0.2) is 0 Å². The minimum Gasteiger partial charge on any atom is -0.446 e. The van der Waals surface area contributed by atoms with Crippen LogP contribution in [0.15, 0.2) is 42.3 Å². The number of amides is 1. The van der Waals surface area contributed by atoms with E-state index in [0.29, 0.717) is 6.54 Å². The molecule has 4 nitrogen and oxygen atoms in total. The van der Waals surface area contributed by atoms with Crippen molar-refractivity contribution >= 4 is 11.7 Å². The maximum absolute atomic E-state index is 12.1. The topological polar surface area (TPSA) is 51.2 Å². The predicted molar refractivity (Wildman–Crippen MR) is 128 cm³/mol. The second-order valence-corrected chi connectivity index (χ2v) is 11.0. The van der Waals surface area contributed by atoms with Crippen LogP contribution >= 0.6 is 0 Å². The van der Waals surface area contributed by atoms with Crippen LogP contribution in [0.3, 0.4) is 0 Å². The van der Waals surface area contributed by atoms with Crippen molar-refractivity contribution in [2.24, 2.45) is 28.6 Å². The van der Waals surface area contributed by atoms with E-state index < -0.39 is 0 Å². The highest BCUT2D eigenvalue weighted by Crippen LogP contribution is 2.66. The Balaban J connectivity index is 1.32. The Hall–Kier alpha value is -2.10. The number of hydrogen-bond donors (Lipinski definition) is 1. The molecule has 172 valence electrons. The molecule has 6 atom stereocenters. The fourth-order valence-corrected chi connectivity index (χ4v) is 7.69. The zero-order valence-electron chi connectivity index (χ0n) is 19.9. The summed E-state index contributed by atoms with van der Waals surface area (Å²) in [6.45, 7) is 7.77. The molecule has 2 fully saturated rings. The van der Waals surface area contributed by atoms with Gasteiger partial charge in [0, 0.05) is 25.4 Å². The monoisotopic (exact) mass is 434 g/mol. The van der Waals surface area contributed by atoms with Crippen LogP contribution in [0.2, 0.25) is 0 Å². The number of ether oxygens (including phenoxy) is 1. The van der Waals surface area contributed by atoms with Crippen molar-refractivity contribution in [1.82, 2.24) is 10.3 Å². The lowest BCUT2D eigenvalue weighted by Crippen LogP contribution is -2.50. The molecule has 5 rings (SSSR count). The maximum Gasteiger partial charge on any atom is 0.407 e. The third kappa shape index (κ3) is 3.50. The quantitative estimate of drug-likeness (QED) is 0.547. The first-order valence-electron chi connectivity index (χ1n) is 12.7. The van der Waals surface area contributed by atoms with Gasteiger partial charge in [0.2, 0.25) is 0 Å². The van der Waals surface area contributed by atoms with E-state index in [1.165, 1.54) is 36.8 Å². The third-order valence-corrected chi connectivity index (χ3v) is 9.41. The summed E-state index contributed by atoms with van der Waals surface area (Å²) in [4.78, 5) is 16.5. The summed E-state index contributed by atoms with van der Waals surface area (Å²) in [5, 5.41) is 2.86. The predicted octanol–water partition coefficient (Wildman–Crippen LogP) is 6.54. The van der Waals surface area contributed by atoms with Crippen molar-refractivity contribution in [2.45, 2.75) is 78.2 Å². The molecule has 0 bridgehead atoms. The number of carbonyl (C=O) groups is 1. The van der Waals surface area contributed by atoms with Crippen molar-refractivity contribution in [3.63, 3.8) is 0 Å². The summed E-state index contributed by atoms with van der Waals surface area (Å²) >= 11 is 0. The van der Waals surface area contributed by atoms with E-state index in [2.05, 4.69) is 55.4 Å². The Morgan fingerprint density at radius 1 is 1.16 bits per heavy atom. The number of nitrogens with one attached hydrogen (secondary N) is 1. The Kier molecular flexibility index (Phi) is 5.67. The maximum atomic E-state index is 12.1. The SMILES string of the molecule is CCCNC(=O)OC1CCC2(C)C(=CCC3C2CCC2(C)C(c4cccnc4)=CCC32)C1. The molecule has 1 aromatic rings. The van der Waals surface area contributed by atoms with Gasteiger partial charge in [-0.25, -0.2) is 4.79 Å². The number of nitrogens with zero attached hydrogens (tertiary/aromatic N) is 1. The molecule has 6 unspecified atom stereocenters. The van der Waals surface area contributed by atoms with E-state index in [9.17, 15) is 4.79 Å². The summed E-state index contributed by atoms with van der Waals surface area (Å²) in [6, 6.07) is 4.30. The molecule has 1 heterocycles. The lowest BCUT2D eigenvalue weighted by molar-refractivity contribution is -0.0262. The number of hydrogen-bond acceptors (Lipinski definition) is 3. The Morgan fingerprint density at radius 3 is 2.78 bits per heavy atom. The summed E-state index contributed by atoms with van der Waals surface area (Å²) in [5.74, 6) is 2.22. The van der Waals surface area contributed by atoms with E-state index in [1.54, 1.807) is 5.57 Å². The molecule has 1 N–H and O–H groups in total. The zero-order chi connectivity index (χ0) is 22.3. The molecule has 4 heteroatoms. The molecule has 4 aliphatic carbocycles. The zero-order valence-corrected chi connectivity index (χ0v) is 19.9. The van der Waals surface area contributed by atoms with E-state index in [1.807, 2.05) is 12.4 Å². The Bertz CT molecular complexity index is 923. The molecule has 1 amide bonds. The van der Waals surface area contributed by atoms with Crippen molar-refractivity contribution in [3.05, 3.63) is 47.8 Å². The smallest absolute Gasteiger partial charge is 0.407 e. The Morgan fingerprint density at radius 2 is 2.00 bits per heavy atom. The van der Waals surface area contributed by atoms with Crippen LogP contribution in [-0.4, -0.2) is 23.7 Å². The van der Waals surface area contributed by atoms with Crippen LogP contribution in [0.1, 0.15) is 77.7 Å². The molecule has 32 heavy (non-hydrogen) atoms. The molecule has 0 saturated heterocycles. The lowest BCUT2D eigenvalue weighted by atomic mass is 9.47.